The van der Waals surface area contributed by atoms with E-state index in [2.05, 4.69) is 22.4 Å². The zero-order chi connectivity index (χ0) is 36.5. The third-order valence-corrected chi connectivity index (χ3v) is 14.5. The first-order valence-electron chi connectivity index (χ1n) is 17.8. The molecule has 6 rings (SSSR count). The van der Waals surface area contributed by atoms with E-state index in [1.807, 2.05) is 39.8 Å². The molecular formula is C38H46N2O8S3. The second-order valence-electron chi connectivity index (χ2n) is 14.2. The van der Waals surface area contributed by atoms with Crippen molar-refractivity contribution in [1.29, 1.82) is 0 Å². The molecule has 2 unspecified atom stereocenters. The Morgan fingerprint density at radius 1 is 0.745 bits per heavy atom. The number of aromatic nitrogens is 1. The van der Waals surface area contributed by atoms with Crippen molar-refractivity contribution < 1.29 is 38.2 Å². The first-order chi connectivity index (χ1) is 24.4. The molecule has 2 atom stereocenters. The van der Waals surface area contributed by atoms with Gasteiger partial charge in [-0.2, -0.15) is 5.90 Å². The first-order valence-corrected chi connectivity index (χ1v) is 20.3. The summed E-state index contributed by atoms with van der Waals surface area (Å²) in [6.07, 6.45) is 5.48. The molecule has 0 saturated heterocycles. The first kappa shape index (κ1) is 37.4. The van der Waals surface area contributed by atoms with Crippen LogP contribution in [0.5, 0.6) is 0 Å². The maximum atomic E-state index is 13.7. The van der Waals surface area contributed by atoms with Crippen molar-refractivity contribution in [3.8, 4) is 9.88 Å². The van der Waals surface area contributed by atoms with Gasteiger partial charge in [-0.1, -0.05) is 26.0 Å². The Labute approximate surface area is 309 Å². The Hall–Kier alpha value is -3.39. The lowest BCUT2D eigenvalue weighted by Crippen LogP contribution is -2.35. The van der Waals surface area contributed by atoms with Crippen LogP contribution in [0.1, 0.15) is 103 Å². The van der Waals surface area contributed by atoms with E-state index in [1.54, 1.807) is 34.0 Å². The maximum Gasteiger partial charge on any atom is 0.327 e. The highest BCUT2D eigenvalue weighted by atomic mass is 32.1. The van der Waals surface area contributed by atoms with Gasteiger partial charge in [0.1, 0.15) is 16.2 Å². The van der Waals surface area contributed by atoms with E-state index in [9.17, 15) is 19.2 Å². The molecular weight excluding hydrogens is 709 g/mol. The van der Waals surface area contributed by atoms with Gasteiger partial charge in [0.05, 0.1) is 45.9 Å². The van der Waals surface area contributed by atoms with Crippen LogP contribution in [0, 0.1) is 23.7 Å². The number of nitrogens with zero attached hydrogens (tertiary/aromatic N) is 1. The van der Waals surface area contributed by atoms with Gasteiger partial charge in [0.25, 0.3) is 0 Å². The number of carbonyl (C=O) groups excluding carboxylic acids is 4. The van der Waals surface area contributed by atoms with Gasteiger partial charge in [0.15, 0.2) is 0 Å². The van der Waals surface area contributed by atoms with Gasteiger partial charge in [-0.15, -0.1) is 34.0 Å². The topological polar surface area (TPSA) is 144 Å². The molecule has 51 heavy (non-hydrogen) atoms. The fourth-order valence-electron chi connectivity index (χ4n) is 7.46. The van der Waals surface area contributed by atoms with Crippen LogP contribution in [0.4, 0.5) is 0 Å². The largest absolute Gasteiger partial charge is 0.469 e. The fraction of sp³-hybridized carbons (Fsp3) is 0.553. The number of hydrogen-bond acceptors (Lipinski definition) is 13. The SMILES string of the molecule is CCC(C)(OC(=O)C1CCC(C(=O)ON)CC1)c1ccc(C(C)(CC)OC(=O)C2CCC(C(=O)OC)CC2)c2sc(-c3cc4sccc4s3)nc12. The molecule has 3 aromatic heterocycles. The summed E-state index contributed by atoms with van der Waals surface area (Å²) in [5.41, 5.74) is 0.446. The number of fused-ring (bicyclic) bond motifs is 2. The van der Waals surface area contributed by atoms with E-state index in [0.29, 0.717) is 64.2 Å². The van der Waals surface area contributed by atoms with Crippen molar-refractivity contribution in [2.45, 2.75) is 103 Å². The number of rotatable bonds is 11. The fourth-order valence-corrected chi connectivity index (χ4v) is 10.8. The summed E-state index contributed by atoms with van der Waals surface area (Å²) in [6.45, 7) is 7.89. The van der Waals surface area contributed by atoms with Crippen molar-refractivity contribution in [3.63, 3.8) is 0 Å². The molecule has 2 fully saturated rings. The van der Waals surface area contributed by atoms with Crippen LogP contribution < -0.4 is 5.90 Å². The third kappa shape index (κ3) is 7.45. The molecule has 274 valence electrons. The van der Waals surface area contributed by atoms with Crippen LogP contribution in [0.25, 0.3) is 29.5 Å². The number of esters is 3. The van der Waals surface area contributed by atoms with E-state index < -0.39 is 17.2 Å². The Kier molecular flexibility index (Phi) is 11.2. The van der Waals surface area contributed by atoms with Crippen molar-refractivity contribution in [3.05, 3.63) is 40.8 Å². The minimum Gasteiger partial charge on any atom is -0.469 e. The predicted octanol–water partition coefficient (Wildman–Crippen LogP) is 8.78. The van der Waals surface area contributed by atoms with Crippen molar-refractivity contribution in [1.82, 2.24) is 4.98 Å². The van der Waals surface area contributed by atoms with Crippen LogP contribution in [-0.2, 0) is 49.4 Å². The van der Waals surface area contributed by atoms with E-state index in [-0.39, 0.29) is 41.6 Å². The molecule has 0 spiro atoms. The van der Waals surface area contributed by atoms with Gasteiger partial charge < -0.3 is 19.0 Å². The summed E-state index contributed by atoms with van der Waals surface area (Å²) in [4.78, 5) is 62.2. The molecule has 10 nitrogen and oxygen atoms in total. The Morgan fingerprint density at radius 3 is 1.76 bits per heavy atom. The van der Waals surface area contributed by atoms with Gasteiger partial charge in [0.2, 0.25) is 0 Å². The summed E-state index contributed by atoms with van der Waals surface area (Å²) in [5.74, 6) is 2.78. The van der Waals surface area contributed by atoms with Crippen LogP contribution in [-0.4, -0.2) is 36.0 Å². The Morgan fingerprint density at radius 2 is 1.25 bits per heavy atom. The van der Waals surface area contributed by atoms with E-state index in [1.165, 1.54) is 16.5 Å². The zero-order valence-corrected chi connectivity index (χ0v) is 32.2. The number of thiazole rings is 1. The highest BCUT2D eigenvalue weighted by molar-refractivity contribution is 7.31. The second kappa shape index (κ2) is 15.3. The minimum atomic E-state index is -0.986. The van der Waals surface area contributed by atoms with Gasteiger partial charge in [-0.25, -0.2) is 4.98 Å². The molecule has 2 N–H and O–H groups in total. The molecule has 0 aliphatic heterocycles. The predicted molar refractivity (Wildman–Crippen MR) is 199 cm³/mol. The van der Waals surface area contributed by atoms with Gasteiger partial charge >= 0.3 is 23.9 Å². The lowest BCUT2D eigenvalue weighted by atomic mass is 9.81. The smallest absolute Gasteiger partial charge is 0.327 e. The molecule has 0 bridgehead atoms. The monoisotopic (exact) mass is 754 g/mol. The second-order valence-corrected chi connectivity index (χ2v) is 17.2. The lowest BCUT2D eigenvalue weighted by Gasteiger charge is -2.35. The van der Waals surface area contributed by atoms with Crippen molar-refractivity contribution >= 4 is 77.5 Å². The molecule has 2 aliphatic rings. The zero-order valence-electron chi connectivity index (χ0n) is 29.8. The Bertz CT molecular complexity index is 1790. The third-order valence-electron chi connectivity index (χ3n) is 11.1. The molecule has 2 aliphatic carbocycles. The molecule has 0 amide bonds. The quantitative estimate of drug-likeness (QED) is 0.0896. The summed E-state index contributed by atoms with van der Waals surface area (Å²) < 4.78 is 21.0. The molecule has 4 aromatic rings. The van der Waals surface area contributed by atoms with Crippen molar-refractivity contribution in [2.75, 3.05) is 7.11 Å². The molecule has 1 aromatic carbocycles. The number of methoxy groups -OCH3 is 1. The van der Waals surface area contributed by atoms with E-state index >= 15 is 0 Å². The summed E-state index contributed by atoms with van der Waals surface area (Å²) in [5, 5.41) is 2.94. The average Bonchev–Trinajstić information content (AvgIpc) is 3.90. The van der Waals surface area contributed by atoms with Crippen LogP contribution in [0.15, 0.2) is 29.6 Å². The number of nitrogens with two attached hydrogens (primary N) is 1. The van der Waals surface area contributed by atoms with Gasteiger partial charge in [-0.3, -0.25) is 19.2 Å². The van der Waals surface area contributed by atoms with Crippen LogP contribution in [0.2, 0.25) is 0 Å². The van der Waals surface area contributed by atoms with E-state index in [0.717, 1.165) is 31.2 Å². The summed E-state index contributed by atoms with van der Waals surface area (Å²) >= 11 is 4.95. The van der Waals surface area contributed by atoms with Crippen LogP contribution in [0.3, 0.4) is 0 Å². The molecule has 3 heterocycles. The lowest BCUT2D eigenvalue weighted by molar-refractivity contribution is -0.168. The van der Waals surface area contributed by atoms with E-state index in [4.69, 9.17) is 25.1 Å². The Balaban J connectivity index is 1.33. The highest BCUT2D eigenvalue weighted by Gasteiger charge is 2.41. The van der Waals surface area contributed by atoms with Crippen LogP contribution >= 0.6 is 34.0 Å². The minimum absolute atomic E-state index is 0.182. The summed E-state index contributed by atoms with van der Waals surface area (Å²) in [6, 6.07) is 8.26. The normalized spacial score (nSPS) is 23.3. The number of benzene rings is 1. The highest BCUT2D eigenvalue weighted by Crippen LogP contribution is 2.47. The number of ether oxygens (including phenoxy) is 3. The summed E-state index contributed by atoms with van der Waals surface area (Å²) in [7, 11) is 1.40. The number of hydrogen-bond donors (Lipinski definition) is 1. The molecule has 0 radical (unpaired) electrons. The maximum absolute atomic E-state index is 13.7. The molecule has 13 heteroatoms. The average molecular weight is 755 g/mol. The van der Waals surface area contributed by atoms with Crippen molar-refractivity contribution in [2.24, 2.45) is 29.6 Å². The van der Waals surface area contributed by atoms with Gasteiger partial charge in [-0.05, 0) is 95.6 Å². The number of thiophene rings is 2. The number of carbonyl (C=O) groups is 4. The van der Waals surface area contributed by atoms with Gasteiger partial charge in [0, 0.05) is 20.5 Å². The molecule has 2 saturated carbocycles. The standard InChI is InChI=1S/C38H46N2O8S3/c1-6-37(3,46-34(42)23-12-14-24(15-13-23)36(44)48-39)25-16-17-26(31-30(25)40-32(51-31)29-20-28-27(50-29)18-19-49-28)38(4,7-2)47-35(43)22-10-8-21(9-11-22)33(41)45-5/h16-24H,6-15,39H2,1-5H3.